The number of rotatable bonds is 9. The van der Waals surface area contributed by atoms with Gasteiger partial charge in [-0.15, -0.1) is 5.10 Å². The van der Waals surface area contributed by atoms with Gasteiger partial charge in [-0.1, -0.05) is 49.4 Å². The first-order valence-corrected chi connectivity index (χ1v) is 9.54. The fourth-order valence-corrected chi connectivity index (χ4v) is 3.30. The summed E-state index contributed by atoms with van der Waals surface area (Å²) in [5, 5.41) is 24.4. The van der Waals surface area contributed by atoms with Crippen LogP contribution in [0.3, 0.4) is 0 Å². The van der Waals surface area contributed by atoms with E-state index in [9.17, 15) is 5.11 Å². The van der Waals surface area contributed by atoms with Crippen molar-refractivity contribution in [2.24, 2.45) is 0 Å². The second kappa shape index (κ2) is 9.24. The number of benzene rings is 2. The van der Waals surface area contributed by atoms with Crippen LogP contribution in [-0.4, -0.2) is 31.5 Å². The molecule has 0 atom stereocenters. The zero-order valence-corrected chi connectivity index (χ0v) is 15.4. The minimum Gasteiger partial charge on any atom is -0.507 e. The molecule has 3 aromatic rings. The van der Waals surface area contributed by atoms with Crippen LogP contribution in [0.1, 0.15) is 30.0 Å². The summed E-state index contributed by atoms with van der Waals surface area (Å²) in [6, 6.07) is 14.7. The van der Waals surface area contributed by atoms with E-state index in [1.165, 1.54) is 5.56 Å². The monoisotopic (exact) mass is 369 g/mol. The second-order valence-corrected chi connectivity index (χ2v) is 6.91. The molecular formula is C19H21N4O2S. The molecule has 2 aromatic carbocycles. The van der Waals surface area contributed by atoms with E-state index in [-0.39, 0.29) is 5.75 Å². The number of tetrazole rings is 1. The molecule has 0 aliphatic heterocycles. The predicted octanol–water partition coefficient (Wildman–Crippen LogP) is 3.57. The van der Waals surface area contributed by atoms with Crippen LogP contribution < -0.4 is 4.74 Å². The van der Waals surface area contributed by atoms with Crippen molar-refractivity contribution in [3.8, 4) is 11.5 Å². The molecular weight excluding hydrogens is 348 g/mol. The number of aromatic amines is 1. The van der Waals surface area contributed by atoms with Crippen LogP contribution in [0.25, 0.3) is 0 Å². The maximum Gasteiger partial charge on any atom is 0.206 e. The van der Waals surface area contributed by atoms with Crippen LogP contribution in [0.4, 0.5) is 0 Å². The normalized spacial score (nSPS) is 10.8. The minimum atomic E-state index is 0.180. The van der Waals surface area contributed by atoms with Gasteiger partial charge in [0.25, 0.3) is 0 Å². The molecule has 0 unspecified atom stereocenters. The van der Waals surface area contributed by atoms with Gasteiger partial charge in [-0.3, -0.25) is 0 Å². The summed E-state index contributed by atoms with van der Waals surface area (Å²) >= 11 is 1.60. The molecule has 1 radical (unpaired) electrons. The zero-order valence-electron chi connectivity index (χ0n) is 14.6. The SMILES string of the molecule is CCCc1c(O)[c]ccc1OCc1ccc(CCSc2nnn[nH]2)cc1. The average Bonchev–Trinajstić information content (AvgIpc) is 3.17. The Hall–Kier alpha value is -2.54. The maximum absolute atomic E-state index is 9.95. The zero-order chi connectivity index (χ0) is 18.2. The molecule has 0 aliphatic rings. The van der Waals surface area contributed by atoms with Crippen molar-refractivity contribution in [1.82, 2.24) is 20.6 Å². The molecule has 0 aliphatic carbocycles. The summed E-state index contributed by atoms with van der Waals surface area (Å²) in [5.41, 5.74) is 3.17. The van der Waals surface area contributed by atoms with E-state index in [1.807, 2.05) is 6.07 Å². The van der Waals surface area contributed by atoms with Crippen molar-refractivity contribution >= 4 is 11.8 Å². The fourth-order valence-electron chi connectivity index (χ4n) is 2.57. The molecule has 0 fully saturated rings. The highest BCUT2D eigenvalue weighted by molar-refractivity contribution is 7.99. The van der Waals surface area contributed by atoms with Crippen molar-refractivity contribution < 1.29 is 9.84 Å². The number of aryl methyl sites for hydroxylation is 1. The second-order valence-electron chi connectivity index (χ2n) is 5.83. The number of aromatic hydroxyl groups is 1. The van der Waals surface area contributed by atoms with Gasteiger partial charge in [-0.25, -0.2) is 5.10 Å². The number of nitrogens with one attached hydrogen (secondary N) is 1. The van der Waals surface area contributed by atoms with E-state index in [1.54, 1.807) is 17.8 Å². The third-order valence-electron chi connectivity index (χ3n) is 3.91. The van der Waals surface area contributed by atoms with E-state index in [2.05, 4.69) is 57.9 Å². The van der Waals surface area contributed by atoms with E-state index in [4.69, 9.17) is 4.74 Å². The molecule has 0 saturated carbocycles. The third-order valence-corrected chi connectivity index (χ3v) is 4.77. The van der Waals surface area contributed by atoms with Crippen molar-refractivity contribution in [2.45, 2.75) is 37.9 Å². The first-order valence-electron chi connectivity index (χ1n) is 8.56. The lowest BCUT2D eigenvalue weighted by Gasteiger charge is -2.12. The van der Waals surface area contributed by atoms with Gasteiger partial charge in [0.1, 0.15) is 18.1 Å². The largest absolute Gasteiger partial charge is 0.507 e. The Balaban J connectivity index is 1.52. The van der Waals surface area contributed by atoms with Crippen LogP contribution in [-0.2, 0) is 19.4 Å². The van der Waals surface area contributed by atoms with Crippen LogP contribution in [0.15, 0.2) is 41.6 Å². The van der Waals surface area contributed by atoms with E-state index < -0.39 is 0 Å². The standard InChI is InChI=1S/C19H21N4O2S/c1-2-4-16-17(24)5-3-6-18(16)25-13-15-9-7-14(8-10-15)11-12-26-19-20-22-23-21-19/h3,6-10,24H,2,4,11-13H2,1H3,(H,20,21,22,23). The molecule has 26 heavy (non-hydrogen) atoms. The summed E-state index contributed by atoms with van der Waals surface area (Å²) in [6.07, 6.45) is 2.66. The summed E-state index contributed by atoms with van der Waals surface area (Å²) in [6.45, 7) is 2.55. The Morgan fingerprint density at radius 2 is 1.96 bits per heavy atom. The molecule has 135 valence electrons. The summed E-state index contributed by atoms with van der Waals surface area (Å²) in [5.74, 6) is 1.82. The lowest BCUT2D eigenvalue weighted by atomic mass is 10.1. The lowest BCUT2D eigenvalue weighted by Crippen LogP contribution is -1.99. The van der Waals surface area contributed by atoms with Crippen LogP contribution in [0.2, 0.25) is 0 Å². The Morgan fingerprint density at radius 1 is 1.15 bits per heavy atom. The smallest absolute Gasteiger partial charge is 0.206 e. The number of H-pyrrole nitrogens is 1. The molecule has 0 saturated heterocycles. The van der Waals surface area contributed by atoms with Gasteiger partial charge in [0.2, 0.25) is 5.16 Å². The number of hydrogen-bond acceptors (Lipinski definition) is 6. The molecule has 7 heteroatoms. The van der Waals surface area contributed by atoms with E-state index in [0.717, 1.165) is 47.0 Å². The summed E-state index contributed by atoms with van der Waals surface area (Å²) < 4.78 is 5.92. The predicted molar refractivity (Wildman–Crippen MR) is 100 cm³/mol. The first kappa shape index (κ1) is 18.3. The van der Waals surface area contributed by atoms with Gasteiger partial charge in [-0.2, -0.15) is 0 Å². The Kier molecular flexibility index (Phi) is 6.49. The van der Waals surface area contributed by atoms with Gasteiger partial charge in [0, 0.05) is 17.4 Å². The molecule has 1 aromatic heterocycles. The molecule has 3 rings (SSSR count). The summed E-state index contributed by atoms with van der Waals surface area (Å²) in [7, 11) is 0. The number of hydrogen-bond donors (Lipinski definition) is 2. The Labute approximate surface area is 157 Å². The number of ether oxygens (including phenoxy) is 1. The van der Waals surface area contributed by atoms with Crippen LogP contribution in [0, 0.1) is 6.07 Å². The molecule has 2 N–H and O–H groups in total. The fraction of sp³-hybridized carbons (Fsp3) is 0.316. The van der Waals surface area contributed by atoms with Crippen molar-refractivity contribution in [3.63, 3.8) is 0 Å². The van der Waals surface area contributed by atoms with Crippen LogP contribution in [0.5, 0.6) is 11.5 Å². The van der Waals surface area contributed by atoms with Crippen molar-refractivity contribution in [1.29, 1.82) is 0 Å². The topological polar surface area (TPSA) is 83.9 Å². The number of phenols is 1. The van der Waals surface area contributed by atoms with Crippen molar-refractivity contribution in [3.05, 3.63) is 59.2 Å². The summed E-state index contributed by atoms with van der Waals surface area (Å²) in [4.78, 5) is 0. The average molecular weight is 369 g/mol. The highest BCUT2D eigenvalue weighted by Gasteiger charge is 2.08. The van der Waals surface area contributed by atoms with Gasteiger partial charge in [0.05, 0.1) is 0 Å². The van der Waals surface area contributed by atoms with E-state index in [0.29, 0.717) is 6.61 Å². The molecule has 0 spiro atoms. The number of nitrogens with zero attached hydrogens (tertiary/aromatic N) is 3. The molecule has 0 amide bonds. The van der Waals surface area contributed by atoms with Gasteiger partial charge < -0.3 is 9.84 Å². The van der Waals surface area contributed by atoms with Gasteiger partial charge >= 0.3 is 0 Å². The number of phenolic OH excluding ortho intramolecular Hbond substituents is 1. The number of thioether (sulfide) groups is 1. The van der Waals surface area contributed by atoms with E-state index >= 15 is 0 Å². The Bertz CT molecular complexity index is 807. The highest BCUT2D eigenvalue weighted by atomic mass is 32.2. The van der Waals surface area contributed by atoms with Gasteiger partial charge in [0.15, 0.2) is 0 Å². The van der Waals surface area contributed by atoms with Crippen LogP contribution >= 0.6 is 11.8 Å². The van der Waals surface area contributed by atoms with Gasteiger partial charge in [-0.05, 0) is 46.5 Å². The first-order chi connectivity index (χ1) is 12.8. The molecule has 6 nitrogen and oxygen atoms in total. The maximum atomic E-state index is 9.95. The quantitative estimate of drug-likeness (QED) is 0.561. The minimum absolute atomic E-state index is 0.180. The van der Waals surface area contributed by atoms with Crippen molar-refractivity contribution in [2.75, 3.05) is 5.75 Å². The molecule has 1 heterocycles. The molecule has 0 bridgehead atoms. The number of aromatic nitrogens is 4. The Morgan fingerprint density at radius 3 is 2.69 bits per heavy atom. The highest BCUT2D eigenvalue weighted by Crippen LogP contribution is 2.29. The third kappa shape index (κ3) is 4.98. The lowest BCUT2D eigenvalue weighted by molar-refractivity contribution is 0.300.